The fourth-order valence-corrected chi connectivity index (χ4v) is 5.34. The third kappa shape index (κ3) is 4.56. The molecule has 1 fully saturated rings. The molecular weight excluding hydrogens is 469 g/mol. The molecule has 0 radical (unpaired) electrons. The molecule has 0 aromatic heterocycles. The molecule has 2 heterocycles. The molecule has 0 unspecified atom stereocenters. The van der Waals surface area contributed by atoms with E-state index < -0.39 is 33.8 Å². The average Bonchev–Trinajstić information content (AvgIpc) is 3.27. The van der Waals surface area contributed by atoms with Gasteiger partial charge in [-0.15, -0.1) is 0 Å². The first-order valence-corrected chi connectivity index (χ1v) is 11.3. The summed E-state index contributed by atoms with van der Waals surface area (Å²) < 4.78 is 81.8. The van der Waals surface area contributed by atoms with Crippen molar-refractivity contribution in [1.29, 1.82) is 0 Å². The van der Waals surface area contributed by atoms with Gasteiger partial charge in [-0.2, -0.15) is 17.5 Å². The van der Waals surface area contributed by atoms with Gasteiger partial charge in [0.2, 0.25) is 16.8 Å². The number of nitrogens with one attached hydrogen (secondary N) is 1. The Hall–Kier alpha value is -3.03. The van der Waals surface area contributed by atoms with E-state index in [-0.39, 0.29) is 61.9 Å². The topological polar surface area (TPSA) is 114 Å². The second kappa shape index (κ2) is 8.72. The van der Waals surface area contributed by atoms with Gasteiger partial charge in [-0.1, -0.05) is 0 Å². The van der Waals surface area contributed by atoms with Crippen molar-refractivity contribution in [3.8, 4) is 17.2 Å². The van der Waals surface area contributed by atoms with Crippen molar-refractivity contribution in [3.05, 3.63) is 47.5 Å². The summed E-state index contributed by atoms with van der Waals surface area (Å²) in [5.41, 5.74) is 0.271. The highest BCUT2D eigenvalue weighted by Gasteiger charge is 2.37. The molecule has 33 heavy (non-hydrogen) atoms. The summed E-state index contributed by atoms with van der Waals surface area (Å²) >= 11 is 0. The zero-order chi connectivity index (χ0) is 23.8. The van der Waals surface area contributed by atoms with Crippen molar-refractivity contribution in [2.24, 2.45) is 0 Å². The van der Waals surface area contributed by atoms with E-state index in [0.29, 0.717) is 0 Å². The van der Waals surface area contributed by atoms with E-state index in [1.807, 2.05) is 0 Å². The summed E-state index contributed by atoms with van der Waals surface area (Å²) in [6.07, 6.45) is -4.28. The quantitative estimate of drug-likeness (QED) is 0.489. The van der Waals surface area contributed by atoms with Crippen molar-refractivity contribution in [2.45, 2.75) is 30.0 Å². The third-order valence-corrected chi connectivity index (χ3v) is 7.27. The highest BCUT2D eigenvalue weighted by molar-refractivity contribution is 7.89. The summed E-state index contributed by atoms with van der Waals surface area (Å²) in [6, 6.07) is 6.85. The van der Waals surface area contributed by atoms with Gasteiger partial charge in [0.15, 0.2) is 11.5 Å². The fraction of sp³-hybridized carbons (Fsp3) is 0.350. The van der Waals surface area contributed by atoms with Crippen LogP contribution in [0.15, 0.2) is 41.3 Å². The Morgan fingerprint density at radius 3 is 2.39 bits per heavy atom. The lowest BCUT2D eigenvalue weighted by Gasteiger charge is -2.31. The van der Waals surface area contributed by atoms with Gasteiger partial charge in [0.1, 0.15) is 17.4 Å². The van der Waals surface area contributed by atoms with Crippen LogP contribution in [-0.2, 0) is 16.2 Å². The number of hydroxylamine groups is 1. The molecule has 0 saturated carbocycles. The first-order valence-electron chi connectivity index (χ1n) is 9.82. The van der Waals surface area contributed by atoms with Gasteiger partial charge in [0, 0.05) is 14.5 Å². The van der Waals surface area contributed by atoms with Crippen LogP contribution in [0.3, 0.4) is 0 Å². The lowest BCUT2D eigenvalue weighted by molar-refractivity contribution is -0.137. The number of halogens is 3. The molecule has 1 saturated heterocycles. The first kappa shape index (κ1) is 23.1. The van der Waals surface area contributed by atoms with E-state index in [4.69, 9.17) is 19.4 Å². The predicted octanol–water partition coefficient (Wildman–Crippen LogP) is 3.03. The SMILES string of the molecule is O=C(NO)c1c(S(=O)(=O)N2CCC(Oc3ccc(C(F)(F)F)cc3)CC2)ccc2c1OCO2.[HH]. The summed E-state index contributed by atoms with van der Waals surface area (Å²) in [5, 5.41) is 9.07. The number of hydrogen-bond acceptors (Lipinski definition) is 7. The first-order chi connectivity index (χ1) is 15.6. The van der Waals surface area contributed by atoms with E-state index in [0.717, 1.165) is 12.1 Å². The number of alkyl halides is 3. The molecule has 2 aromatic carbocycles. The molecule has 1 amide bonds. The molecule has 13 heteroatoms. The van der Waals surface area contributed by atoms with Gasteiger partial charge in [-0.3, -0.25) is 10.0 Å². The second-order valence-electron chi connectivity index (χ2n) is 7.36. The number of piperidine rings is 1. The van der Waals surface area contributed by atoms with E-state index in [2.05, 4.69) is 0 Å². The molecule has 0 atom stereocenters. The average molecular weight is 490 g/mol. The minimum absolute atomic E-state index is 0. The summed E-state index contributed by atoms with van der Waals surface area (Å²) in [7, 11) is -4.14. The van der Waals surface area contributed by atoms with E-state index >= 15 is 0 Å². The van der Waals surface area contributed by atoms with Crippen LogP contribution >= 0.6 is 0 Å². The van der Waals surface area contributed by atoms with Crippen LogP contribution in [0.25, 0.3) is 0 Å². The van der Waals surface area contributed by atoms with Crippen molar-refractivity contribution < 1.29 is 47.2 Å². The Morgan fingerprint density at radius 2 is 1.79 bits per heavy atom. The number of rotatable bonds is 5. The highest BCUT2D eigenvalue weighted by Crippen LogP contribution is 2.40. The Morgan fingerprint density at radius 1 is 1.12 bits per heavy atom. The van der Waals surface area contributed by atoms with Crippen LogP contribution in [0.2, 0.25) is 0 Å². The normalized spacial score (nSPS) is 17.1. The van der Waals surface area contributed by atoms with Crippen LogP contribution in [0.5, 0.6) is 17.2 Å². The Bertz CT molecular complexity index is 1150. The summed E-state index contributed by atoms with van der Waals surface area (Å²) in [5.74, 6) is -0.710. The van der Waals surface area contributed by atoms with Gasteiger partial charge in [-0.25, -0.2) is 13.9 Å². The maximum atomic E-state index is 13.2. The largest absolute Gasteiger partial charge is 0.490 e. The number of nitrogens with zero attached hydrogens (tertiary/aromatic N) is 1. The minimum Gasteiger partial charge on any atom is -0.490 e. The lowest BCUT2D eigenvalue weighted by atomic mass is 10.1. The minimum atomic E-state index is -4.45. The number of benzene rings is 2. The number of ether oxygens (including phenoxy) is 3. The van der Waals surface area contributed by atoms with Gasteiger partial charge in [-0.05, 0) is 49.2 Å². The monoisotopic (exact) mass is 490 g/mol. The number of carbonyl (C=O) groups is 1. The lowest BCUT2D eigenvalue weighted by Crippen LogP contribution is -2.42. The van der Waals surface area contributed by atoms with E-state index in [1.165, 1.54) is 34.1 Å². The molecule has 2 aliphatic rings. The molecule has 0 aliphatic carbocycles. The molecule has 0 spiro atoms. The van der Waals surface area contributed by atoms with Crippen molar-refractivity contribution >= 4 is 15.9 Å². The van der Waals surface area contributed by atoms with Gasteiger partial charge in [0.05, 0.1) is 10.5 Å². The number of sulfonamides is 1. The zero-order valence-electron chi connectivity index (χ0n) is 17.0. The van der Waals surface area contributed by atoms with Crippen LogP contribution in [0, 0.1) is 0 Å². The third-order valence-electron chi connectivity index (χ3n) is 5.33. The van der Waals surface area contributed by atoms with Crippen LogP contribution in [0.1, 0.15) is 30.2 Å². The maximum Gasteiger partial charge on any atom is 0.416 e. The number of amides is 1. The summed E-state index contributed by atoms with van der Waals surface area (Å²) in [4.78, 5) is 11.8. The number of hydrogen-bond donors (Lipinski definition) is 2. The number of carbonyl (C=O) groups excluding carboxylic acids is 1. The second-order valence-corrected chi connectivity index (χ2v) is 9.26. The highest BCUT2D eigenvalue weighted by atomic mass is 32.2. The van der Waals surface area contributed by atoms with Crippen LogP contribution in [-0.4, -0.2) is 49.8 Å². The summed E-state index contributed by atoms with van der Waals surface area (Å²) in [6.45, 7) is -0.0816. The van der Waals surface area contributed by atoms with Gasteiger partial charge < -0.3 is 14.2 Å². The standard InChI is InChI=1S/C20H19F3N2O7S.H2/c21-20(22,23)12-1-3-13(4-2-12)32-14-7-9-25(10-8-14)33(28,29)16-6-5-15-18(31-11-30-15)17(16)19(26)24-27;/h1-6,14,27H,7-11H2,(H,24,26);1H. The van der Waals surface area contributed by atoms with Crippen molar-refractivity contribution in [3.63, 3.8) is 0 Å². The predicted molar refractivity (Wildman–Crippen MR) is 108 cm³/mol. The van der Waals surface area contributed by atoms with E-state index in [1.54, 1.807) is 0 Å². The van der Waals surface area contributed by atoms with Crippen LogP contribution < -0.4 is 19.7 Å². The van der Waals surface area contributed by atoms with Crippen molar-refractivity contribution in [1.82, 2.24) is 9.79 Å². The Balaban J connectivity index is 0.00000324. The molecule has 2 N–H and O–H groups in total. The molecule has 4 rings (SSSR count). The smallest absolute Gasteiger partial charge is 0.416 e. The van der Waals surface area contributed by atoms with E-state index in [9.17, 15) is 26.4 Å². The molecule has 2 aliphatic heterocycles. The number of fused-ring (bicyclic) bond motifs is 1. The molecular formula is C20H21F3N2O7S. The Kier molecular flexibility index (Phi) is 6.12. The van der Waals surface area contributed by atoms with Crippen molar-refractivity contribution in [2.75, 3.05) is 19.9 Å². The molecule has 2 aromatic rings. The molecule has 9 nitrogen and oxygen atoms in total. The maximum absolute atomic E-state index is 13.2. The fourth-order valence-electron chi connectivity index (χ4n) is 3.68. The molecule has 0 bridgehead atoms. The Labute approximate surface area is 188 Å². The molecule has 180 valence electrons. The van der Waals surface area contributed by atoms with Gasteiger partial charge in [0.25, 0.3) is 5.91 Å². The van der Waals surface area contributed by atoms with Gasteiger partial charge >= 0.3 is 6.18 Å². The zero-order valence-corrected chi connectivity index (χ0v) is 17.8. The van der Waals surface area contributed by atoms with Crippen LogP contribution in [0.4, 0.5) is 13.2 Å².